The number of carbonyl (C=O) groups excluding carboxylic acids is 1. The summed E-state index contributed by atoms with van der Waals surface area (Å²) in [4.78, 5) is 21.3. The van der Waals surface area contributed by atoms with E-state index in [-0.39, 0.29) is 6.54 Å². The molecular formula is C14H17N5O2. The molecule has 2 rings (SSSR count). The van der Waals surface area contributed by atoms with Crippen LogP contribution in [0.25, 0.3) is 0 Å². The maximum atomic E-state index is 11.3. The van der Waals surface area contributed by atoms with Crippen molar-refractivity contribution in [2.75, 3.05) is 24.3 Å². The highest BCUT2D eigenvalue weighted by Crippen LogP contribution is 2.18. The number of hydrogen-bond acceptors (Lipinski definition) is 6. The van der Waals surface area contributed by atoms with Gasteiger partial charge in [0.05, 0.1) is 13.7 Å². The molecule has 4 N–H and O–H groups in total. The van der Waals surface area contributed by atoms with Crippen molar-refractivity contribution in [3.8, 4) is 5.88 Å². The molecule has 2 aromatic rings. The van der Waals surface area contributed by atoms with Crippen LogP contribution in [0.1, 0.15) is 5.56 Å². The van der Waals surface area contributed by atoms with Crippen molar-refractivity contribution < 1.29 is 9.53 Å². The van der Waals surface area contributed by atoms with Gasteiger partial charge in [-0.1, -0.05) is 18.2 Å². The second-order valence-corrected chi connectivity index (χ2v) is 4.42. The SMILES string of the molecule is COc1ccnc(N(CC(N)=O)Cc2ccccc2N)n1. The lowest BCUT2D eigenvalue weighted by Gasteiger charge is -2.22. The van der Waals surface area contributed by atoms with Gasteiger partial charge in [-0.25, -0.2) is 4.98 Å². The minimum absolute atomic E-state index is 0.0124. The number of benzene rings is 1. The Labute approximate surface area is 122 Å². The Bertz CT molecular complexity index is 632. The number of primary amides is 1. The maximum Gasteiger partial charge on any atom is 0.237 e. The number of nitrogens with two attached hydrogens (primary N) is 2. The highest BCUT2D eigenvalue weighted by Gasteiger charge is 2.15. The fourth-order valence-corrected chi connectivity index (χ4v) is 1.87. The van der Waals surface area contributed by atoms with Crippen LogP contribution in [0.3, 0.4) is 0 Å². The fourth-order valence-electron chi connectivity index (χ4n) is 1.87. The first-order valence-corrected chi connectivity index (χ1v) is 6.34. The Hall–Kier alpha value is -2.83. The van der Waals surface area contributed by atoms with Gasteiger partial charge in [-0.15, -0.1) is 0 Å². The number of methoxy groups -OCH3 is 1. The zero-order valence-corrected chi connectivity index (χ0v) is 11.7. The number of rotatable bonds is 6. The van der Waals surface area contributed by atoms with Gasteiger partial charge >= 0.3 is 0 Å². The summed E-state index contributed by atoms with van der Waals surface area (Å²) in [6.07, 6.45) is 1.56. The van der Waals surface area contributed by atoms with Crippen LogP contribution in [-0.2, 0) is 11.3 Å². The highest BCUT2D eigenvalue weighted by molar-refractivity contribution is 5.79. The quantitative estimate of drug-likeness (QED) is 0.752. The van der Waals surface area contributed by atoms with E-state index in [0.717, 1.165) is 5.56 Å². The molecule has 1 aromatic heterocycles. The largest absolute Gasteiger partial charge is 0.481 e. The number of carbonyl (C=O) groups is 1. The van der Waals surface area contributed by atoms with E-state index >= 15 is 0 Å². The van der Waals surface area contributed by atoms with Gasteiger partial charge < -0.3 is 21.1 Å². The predicted octanol–water partition coefficient (Wildman–Crippen LogP) is 0.559. The van der Waals surface area contributed by atoms with Crippen LogP contribution in [0.4, 0.5) is 11.6 Å². The Morgan fingerprint density at radius 3 is 2.76 bits per heavy atom. The minimum atomic E-state index is -0.476. The first-order chi connectivity index (χ1) is 10.1. The van der Waals surface area contributed by atoms with Crippen molar-refractivity contribution >= 4 is 17.5 Å². The van der Waals surface area contributed by atoms with Crippen molar-refractivity contribution in [2.45, 2.75) is 6.54 Å². The lowest BCUT2D eigenvalue weighted by molar-refractivity contribution is -0.116. The lowest BCUT2D eigenvalue weighted by Crippen LogP contribution is -2.34. The Balaban J connectivity index is 2.29. The van der Waals surface area contributed by atoms with Crippen molar-refractivity contribution in [1.82, 2.24) is 9.97 Å². The van der Waals surface area contributed by atoms with Gasteiger partial charge in [-0.2, -0.15) is 4.98 Å². The number of amides is 1. The third-order valence-electron chi connectivity index (χ3n) is 2.87. The van der Waals surface area contributed by atoms with E-state index in [2.05, 4.69) is 9.97 Å². The van der Waals surface area contributed by atoms with Crippen LogP contribution in [0, 0.1) is 0 Å². The number of anilines is 2. The maximum absolute atomic E-state index is 11.3. The second kappa shape index (κ2) is 6.56. The molecule has 0 bridgehead atoms. The average Bonchev–Trinajstić information content (AvgIpc) is 2.48. The monoisotopic (exact) mass is 287 g/mol. The van der Waals surface area contributed by atoms with Crippen LogP contribution >= 0.6 is 0 Å². The first kappa shape index (κ1) is 14.6. The topological polar surface area (TPSA) is 107 Å². The molecule has 110 valence electrons. The van der Waals surface area contributed by atoms with Gasteiger partial charge in [0.1, 0.15) is 0 Å². The summed E-state index contributed by atoms with van der Waals surface area (Å²) in [6.45, 7) is 0.365. The standard InChI is InChI=1S/C14H17N5O2/c1-21-13-6-7-17-14(18-13)19(9-12(16)20)8-10-4-2-3-5-11(10)15/h2-7H,8-9,15H2,1H3,(H2,16,20). The Morgan fingerprint density at radius 1 is 1.33 bits per heavy atom. The molecule has 1 aromatic carbocycles. The van der Waals surface area contributed by atoms with E-state index in [1.54, 1.807) is 23.2 Å². The van der Waals surface area contributed by atoms with E-state index in [9.17, 15) is 4.79 Å². The lowest BCUT2D eigenvalue weighted by atomic mass is 10.1. The van der Waals surface area contributed by atoms with E-state index in [0.29, 0.717) is 24.1 Å². The Kier molecular flexibility index (Phi) is 4.55. The summed E-state index contributed by atoms with van der Waals surface area (Å²) in [6, 6.07) is 9.02. The molecule has 0 saturated carbocycles. The van der Waals surface area contributed by atoms with Gasteiger partial charge in [0, 0.05) is 24.5 Å². The normalized spacial score (nSPS) is 10.1. The highest BCUT2D eigenvalue weighted by atomic mass is 16.5. The van der Waals surface area contributed by atoms with Crippen LogP contribution in [0.2, 0.25) is 0 Å². The number of aromatic nitrogens is 2. The first-order valence-electron chi connectivity index (χ1n) is 6.34. The van der Waals surface area contributed by atoms with Gasteiger partial charge in [0.2, 0.25) is 17.7 Å². The molecule has 21 heavy (non-hydrogen) atoms. The van der Waals surface area contributed by atoms with Crippen molar-refractivity contribution in [1.29, 1.82) is 0 Å². The van der Waals surface area contributed by atoms with Gasteiger partial charge in [-0.05, 0) is 11.6 Å². The molecule has 0 aliphatic heterocycles. The van der Waals surface area contributed by atoms with E-state index < -0.39 is 5.91 Å². The Morgan fingerprint density at radius 2 is 2.10 bits per heavy atom. The summed E-state index contributed by atoms with van der Waals surface area (Å²) in [5, 5.41) is 0. The molecule has 0 spiro atoms. The second-order valence-electron chi connectivity index (χ2n) is 4.42. The molecule has 1 heterocycles. The summed E-state index contributed by atoms with van der Waals surface area (Å²) < 4.78 is 5.07. The molecule has 7 heteroatoms. The summed E-state index contributed by atoms with van der Waals surface area (Å²) >= 11 is 0. The van der Waals surface area contributed by atoms with Crippen LogP contribution < -0.4 is 21.1 Å². The number of nitrogen functional groups attached to an aromatic ring is 1. The van der Waals surface area contributed by atoms with Crippen LogP contribution in [0.5, 0.6) is 5.88 Å². The molecule has 1 amide bonds. The molecule has 0 unspecified atom stereocenters. The predicted molar refractivity (Wildman–Crippen MR) is 79.7 cm³/mol. The molecular weight excluding hydrogens is 270 g/mol. The number of ether oxygens (including phenoxy) is 1. The average molecular weight is 287 g/mol. The minimum Gasteiger partial charge on any atom is -0.481 e. The molecule has 0 aliphatic rings. The summed E-state index contributed by atoms with van der Waals surface area (Å²) in [7, 11) is 1.51. The number of para-hydroxylation sites is 1. The van der Waals surface area contributed by atoms with Crippen LogP contribution in [0.15, 0.2) is 36.5 Å². The number of hydrogen-bond donors (Lipinski definition) is 2. The molecule has 0 aliphatic carbocycles. The molecule has 0 radical (unpaired) electrons. The fraction of sp³-hybridized carbons (Fsp3) is 0.214. The zero-order valence-electron chi connectivity index (χ0n) is 11.7. The summed E-state index contributed by atoms with van der Waals surface area (Å²) in [5.41, 5.74) is 12.7. The number of nitrogens with zero attached hydrogens (tertiary/aromatic N) is 3. The van der Waals surface area contributed by atoms with Crippen molar-refractivity contribution in [2.24, 2.45) is 5.73 Å². The van der Waals surface area contributed by atoms with Gasteiger partial charge in [0.15, 0.2) is 0 Å². The van der Waals surface area contributed by atoms with Crippen molar-refractivity contribution in [3.05, 3.63) is 42.1 Å². The van der Waals surface area contributed by atoms with Gasteiger partial charge in [0.25, 0.3) is 0 Å². The molecule has 0 atom stereocenters. The van der Waals surface area contributed by atoms with Crippen molar-refractivity contribution in [3.63, 3.8) is 0 Å². The summed E-state index contributed by atoms with van der Waals surface area (Å²) in [5.74, 6) is 0.294. The smallest absolute Gasteiger partial charge is 0.237 e. The molecule has 0 saturated heterocycles. The molecule has 7 nitrogen and oxygen atoms in total. The third kappa shape index (κ3) is 3.82. The zero-order chi connectivity index (χ0) is 15.2. The third-order valence-corrected chi connectivity index (χ3v) is 2.87. The van der Waals surface area contributed by atoms with E-state index in [1.165, 1.54) is 7.11 Å². The van der Waals surface area contributed by atoms with Gasteiger partial charge in [-0.3, -0.25) is 4.79 Å². The molecule has 0 fully saturated rings. The van der Waals surface area contributed by atoms with Crippen LogP contribution in [-0.4, -0.2) is 29.5 Å². The van der Waals surface area contributed by atoms with E-state index in [1.807, 2.05) is 18.2 Å². The van der Waals surface area contributed by atoms with E-state index in [4.69, 9.17) is 16.2 Å².